The van der Waals surface area contributed by atoms with E-state index in [-0.39, 0.29) is 0 Å². The Bertz CT molecular complexity index is 540. The number of pyridine rings is 1. The van der Waals surface area contributed by atoms with Gasteiger partial charge in [-0.3, -0.25) is 0 Å². The first kappa shape index (κ1) is 14.3. The zero-order valence-corrected chi connectivity index (χ0v) is 13.3. The van der Waals surface area contributed by atoms with Crippen LogP contribution in [0.4, 0.5) is 0 Å². The van der Waals surface area contributed by atoms with E-state index in [0.29, 0.717) is 5.88 Å². The first-order chi connectivity index (χ1) is 9.19. The molecule has 0 amide bonds. The summed E-state index contributed by atoms with van der Waals surface area (Å²) in [6.45, 7) is 5.91. The van der Waals surface area contributed by atoms with Crippen LogP contribution in [0.15, 0.2) is 36.5 Å². The van der Waals surface area contributed by atoms with Crippen molar-refractivity contribution in [1.29, 1.82) is 0 Å². The van der Waals surface area contributed by atoms with Gasteiger partial charge in [-0.1, -0.05) is 6.92 Å². The molecule has 0 aliphatic carbocycles. The number of halogens is 1. The number of hydrogen-bond acceptors (Lipinski definition) is 3. The highest BCUT2D eigenvalue weighted by Gasteiger charge is 2.04. The van der Waals surface area contributed by atoms with Crippen molar-refractivity contribution in [2.45, 2.75) is 20.4 Å². The smallest absolute Gasteiger partial charge is 0.222 e. The van der Waals surface area contributed by atoms with E-state index in [1.165, 1.54) is 9.13 Å². The lowest BCUT2D eigenvalue weighted by atomic mass is 10.2. The third kappa shape index (κ3) is 4.18. The van der Waals surface area contributed by atoms with E-state index in [4.69, 9.17) is 4.74 Å². The van der Waals surface area contributed by atoms with Gasteiger partial charge >= 0.3 is 0 Å². The molecule has 0 aliphatic rings. The molecule has 2 aromatic rings. The molecule has 100 valence electrons. The predicted molar refractivity (Wildman–Crippen MR) is 85.6 cm³/mol. The monoisotopic (exact) mass is 368 g/mol. The molecule has 0 spiro atoms. The number of aryl methyl sites for hydroxylation is 1. The SMILES string of the molecule is CCNCc1cnc(Oc2ccc(I)cc2)c(C)c1. The Morgan fingerprint density at radius 3 is 2.63 bits per heavy atom. The van der Waals surface area contributed by atoms with Crippen LogP contribution in [0.3, 0.4) is 0 Å². The van der Waals surface area contributed by atoms with E-state index in [1.807, 2.05) is 37.4 Å². The maximum absolute atomic E-state index is 5.79. The topological polar surface area (TPSA) is 34.2 Å². The predicted octanol–water partition coefficient (Wildman–Crippen LogP) is 3.90. The minimum Gasteiger partial charge on any atom is -0.439 e. The fourth-order valence-corrected chi connectivity index (χ4v) is 2.07. The third-order valence-electron chi connectivity index (χ3n) is 2.69. The Morgan fingerprint density at radius 2 is 2.00 bits per heavy atom. The third-order valence-corrected chi connectivity index (χ3v) is 3.41. The molecular formula is C15H17IN2O. The second-order valence-corrected chi connectivity index (χ2v) is 5.55. The standard InChI is InChI=1S/C15H17IN2O/c1-3-17-9-12-8-11(2)15(18-10-12)19-14-6-4-13(16)5-7-14/h4-8,10,17H,3,9H2,1-2H3. The average molecular weight is 368 g/mol. The highest BCUT2D eigenvalue weighted by atomic mass is 127. The van der Waals surface area contributed by atoms with Crippen LogP contribution in [-0.4, -0.2) is 11.5 Å². The Morgan fingerprint density at radius 1 is 1.26 bits per heavy atom. The lowest BCUT2D eigenvalue weighted by Crippen LogP contribution is -2.12. The number of nitrogens with one attached hydrogen (secondary N) is 1. The lowest BCUT2D eigenvalue weighted by molar-refractivity contribution is 0.458. The second-order valence-electron chi connectivity index (χ2n) is 4.30. The Labute approximate surface area is 127 Å². The summed E-state index contributed by atoms with van der Waals surface area (Å²) >= 11 is 2.27. The van der Waals surface area contributed by atoms with Crippen molar-refractivity contribution in [1.82, 2.24) is 10.3 Å². The van der Waals surface area contributed by atoms with Gasteiger partial charge < -0.3 is 10.1 Å². The molecule has 1 aromatic carbocycles. The van der Waals surface area contributed by atoms with Crippen molar-refractivity contribution in [3.8, 4) is 11.6 Å². The summed E-state index contributed by atoms with van der Waals surface area (Å²) in [6, 6.07) is 10.1. The van der Waals surface area contributed by atoms with E-state index in [1.54, 1.807) is 0 Å². The molecule has 3 nitrogen and oxygen atoms in total. The molecule has 0 radical (unpaired) electrons. The van der Waals surface area contributed by atoms with Crippen molar-refractivity contribution in [3.63, 3.8) is 0 Å². The first-order valence-corrected chi connectivity index (χ1v) is 7.36. The van der Waals surface area contributed by atoms with Gasteiger partial charge in [0.15, 0.2) is 0 Å². The van der Waals surface area contributed by atoms with E-state index in [0.717, 1.165) is 24.4 Å². The van der Waals surface area contributed by atoms with Crippen molar-refractivity contribution >= 4 is 22.6 Å². The van der Waals surface area contributed by atoms with Crippen molar-refractivity contribution < 1.29 is 4.74 Å². The van der Waals surface area contributed by atoms with Crippen LogP contribution < -0.4 is 10.1 Å². The number of ether oxygens (including phenoxy) is 1. The molecule has 1 heterocycles. The lowest BCUT2D eigenvalue weighted by Gasteiger charge is -2.09. The molecule has 0 fully saturated rings. The fraction of sp³-hybridized carbons (Fsp3) is 0.267. The van der Waals surface area contributed by atoms with Crippen LogP contribution in [0.5, 0.6) is 11.6 Å². The van der Waals surface area contributed by atoms with Crippen molar-refractivity contribution in [2.24, 2.45) is 0 Å². The van der Waals surface area contributed by atoms with Crippen LogP contribution in [-0.2, 0) is 6.54 Å². The number of hydrogen-bond donors (Lipinski definition) is 1. The number of aromatic nitrogens is 1. The molecular weight excluding hydrogens is 351 g/mol. The maximum atomic E-state index is 5.79. The van der Waals surface area contributed by atoms with E-state index in [2.05, 4.69) is 45.9 Å². The summed E-state index contributed by atoms with van der Waals surface area (Å²) in [4.78, 5) is 4.38. The van der Waals surface area contributed by atoms with Crippen LogP contribution >= 0.6 is 22.6 Å². The highest BCUT2D eigenvalue weighted by molar-refractivity contribution is 14.1. The average Bonchev–Trinajstić information content (AvgIpc) is 2.41. The van der Waals surface area contributed by atoms with Crippen LogP contribution in [0.2, 0.25) is 0 Å². The number of nitrogens with zero attached hydrogens (tertiary/aromatic N) is 1. The molecule has 4 heteroatoms. The quantitative estimate of drug-likeness (QED) is 0.813. The highest BCUT2D eigenvalue weighted by Crippen LogP contribution is 2.23. The van der Waals surface area contributed by atoms with Crippen LogP contribution in [0.1, 0.15) is 18.1 Å². The van der Waals surface area contributed by atoms with Gasteiger partial charge in [0.2, 0.25) is 5.88 Å². The van der Waals surface area contributed by atoms with Gasteiger partial charge in [0.25, 0.3) is 0 Å². The van der Waals surface area contributed by atoms with Crippen LogP contribution in [0.25, 0.3) is 0 Å². The fourth-order valence-electron chi connectivity index (χ4n) is 1.71. The number of benzene rings is 1. The number of rotatable bonds is 5. The summed E-state index contributed by atoms with van der Waals surface area (Å²) in [5.41, 5.74) is 2.23. The van der Waals surface area contributed by atoms with Gasteiger partial charge in [-0.2, -0.15) is 0 Å². The largest absolute Gasteiger partial charge is 0.439 e. The van der Waals surface area contributed by atoms with Gasteiger partial charge in [0, 0.05) is 21.9 Å². The van der Waals surface area contributed by atoms with Crippen LogP contribution in [0, 0.1) is 10.5 Å². The van der Waals surface area contributed by atoms with Gasteiger partial charge in [-0.05, 0) is 72.0 Å². The molecule has 1 aromatic heterocycles. The summed E-state index contributed by atoms with van der Waals surface area (Å²) in [6.07, 6.45) is 1.86. The zero-order valence-electron chi connectivity index (χ0n) is 11.1. The summed E-state index contributed by atoms with van der Waals surface area (Å²) in [7, 11) is 0. The van der Waals surface area contributed by atoms with E-state index < -0.39 is 0 Å². The molecule has 0 atom stereocenters. The van der Waals surface area contributed by atoms with E-state index >= 15 is 0 Å². The first-order valence-electron chi connectivity index (χ1n) is 6.28. The normalized spacial score (nSPS) is 10.5. The Balaban J connectivity index is 2.10. The minimum atomic E-state index is 0.668. The molecule has 1 N–H and O–H groups in total. The van der Waals surface area contributed by atoms with Gasteiger partial charge in [0.05, 0.1) is 0 Å². The zero-order chi connectivity index (χ0) is 13.7. The van der Waals surface area contributed by atoms with Crippen molar-refractivity contribution in [3.05, 3.63) is 51.2 Å². The van der Waals surface area contributed by atoms with Gasteiger partial charge in [-0.25, -0.2) is 4.98 Å². The van der Waals surface area contributed by atoms with Crippen molar-refractivity contribution in [2.75, 3.05) is 6.54 Å². The second kappa shape index (κ2) is 6.86. The molecule has 0 aliphatic heterocycles. The molecule has 0 saturated carbocycles. The Kier molecular flexibility index (Phi) is 5.15. The summed E-state index contributed by atoms with van der Waals surface area (Å²) in [5, 5.41) is 3.29. The molecule has 0 unspecified atom stereocenters. The van der Waals surface area contributed by atoms with Gasteiger partial charge in [0.1, 0.15) is 5.75 Å². The van der Waals surface area contributed by atoms with E-state index in [9.17, 15) is 0 Å². The van der Waals surface area contributed by atoms with Gasteiger partial charge in [-0.15, -0.1) is 0 Å². The maximum Gasteiger partial charge on any atom is 0.222 e. The Hall–Kier alpha value is -1.14. The minimum absolute atomic E-state index is 0.668. The summed E-state index contributed by atoms with van der Waals surface area (Å²) in [5.74, 6) is 1.48. The molecule has 2 rings (SSSR count). The molecule has 0 bridgehead atoms. The molecule has 19 heavy (non-hydrogen) atoms. The summed E-state index contributed by atoms with van der Waals surface area (Å²) < 4.78 is 6.98. The molecule has 0 saturated heterocycles.